The summed E-state index contributed by atoms with van der Waals surface area (Å²) >= 11 is 0. The monoisotopic (exact) mass is 338 g/mol. The van der Waals surface area contributed by atoms with Gasteiger partial charge in [0.2, 0.25) is 5.91 Å². The third-order valence-corrected chi connectivity index (χ3v) is 4.71. The van der Waals surface area contributed by atoms with Crippen LogP contribution in [0.2, 0.25) is 0 Å². The van der Waals surface area contributed by atoms with Gasteiger partial charge in [0.05, 0.1) is 6.10 Å². The molecule has 3 amide bonds. The van der Waals surface area contributed by atoms with Crippen LogP contribution in [0.15, 0.2) is 36.4 Å². The lowest BCUT2D eigenvalue weighted by molar-refractivity contribution is -0.121. The summed E-state index contributed by atoms with van der Waals surface area (Å²) in [6.07, 6.45) is 1.92. The summed E-state index contributed by atoms with van der Waals surface area (Å²) in [4.78, 5) is 38.6. The van der Waals surface area contributed by atoms with Gasteiger partial charge in [-0.1, -0.05) is 24.3 Å². The van der Waals surface area contributed by atoms with Crippen LogP contribution in [-0.4, -0.2) is 48.4 Å². The maximum atomic E-state index is 12.7. The van der Waals surface area contributed by atoms with Crippen molar-refractivity contribution in [2.45, 2.75) is 18.9 Å². The van der Waals surface area contributed by atoms with Crippen LogP contribution in [0.3, 0.4) is 0 Å². The molecule has 25 heavy (non-hydrogen) atoms. The van der Waals surface area contributed by atoms with Crippen molar-refractivity contribution < 1.29 is 19.1 Å². The van der Waals surface area contributed by atoms with Crippen molar-refractivity contribution in [3.63, 3.8) is 0 Å². The molecule has 0 bridgehead atoms. The molecule has 6 heteroatoms. The number of carbonyl (C=O) groups excluding carboxylic acids is 3. The first kappa shape index (κ1) is 15.8. The molecule has 4 rings (SSSR count). The Balaban J connectivity index is 1.54. The summed E-state index contributed by atoms with van der Waals surface area (Å²) in [6.45, 7) is 0.834. The van der Waals surface area contributed by atoms with Gasteiger partial charge in [0.15, 0.2) is 0 Å². The molecule has 1 N–H and O–H groups in total. The van der Waals surface area contributed by atoms with E-state index in [0.29, 0.717) is 29.7 Å². The molecule has 1 saturated heterocycles. The zero-order chi connectivity index (χ0) is 17.4. The smallest absolute Gasteiger partial charge is 0.261 e. The Kier molecular flexibility index (Phi) is 3.97. The Morgan fingerprint density at radius 2 is 1.80 bits per heavy atom. The zero-order valence-electron chi connectivity index (χ0n) is 13.7. The van der Waals surface area contributed by atoms with Gasteiger partial charge in [-0.3, -0.25) is 19.3 Å². The number of carbonyl (C=O) groups is 3. The van der Waals surface area contributed by atoms with Gasteiger partial charge in [0, 0.05) is 29.7 Å². The molecule has 2 aromatic carbocycles. The molecule has 2 aromatic rings. The van der Waals surface area contributed by atoms with E-state index in [1.54, 1.807) is 24.3 Å². The Hall–Kier alpha value is -2.73. The van der Waals surface area contributed by atoms with Crippen molar-refractivity contribution in [1.82, 2.24) is 10.2 Å². The minimum atomic E-state index is -0.429. The van der Waals surface area contributed by atoms with E-state index in [1.807, 2.05) is 12.1 Å². The highest BCUT2D eigenvalue weighted by Crippen LogP contribution is 2.29. The molecule has 2 aliphatic heterocycles. The fraction of sp³-hybridized carbons (Fsp3) is 0.316. The first-order valence-corrected chi connectivity index (χ1v) is 8.41. The van der Waals surface area contributed by atoms with E-state index in [1.165, 1.54) is 0 Å². The van der Waals surface area contributed by atoms with E-state index in [4.69, 9.17) is 4.74 Å². The topological polar surface area (TPSA) is 75.7 Å². The van der Waals surface area contributed by atoms with Crippen LogP contribution < -0.4 is 5.32 Å². The van der Waals surface area contributed by atoms with E-state index >= 15 is 0 Å². The highest BCUT2D eigenvalue weighted by molar-refractivity contribution is 6.26. The molecular weight excluding hydrogens is 320 g/mol. The van der Waals surface area contributed by atoms with Gasteiger partial charge in [-0.15, -0.1) is 0 Å². The number of rotatable bonds is 4. The number of hydrogen-bond acceptors (Lipinski definition) is 4. The molecule has 1 fully saturated rings. The van der Waals surface area contributed by atoms with E-state index in [0.717, 1.165) is 23.1 Å². The molecule has 1 atom stereocenters. The predicted octanol–water partition coefficient (Wildman–Crippen LogP) is 1.73. The van der Waals surface area contributed by atoms with Gasteiger partial charge in [-0.2, -0.15) is 0 Å². The normalized spacial score (nSPS) is 19.5. The maximum Gasteiger partial charge on any atom is 0.261 e. The van der Waals surface area contributed by atoms with Crippen LogP contribution in [-0.2, 0) is 9.53 Å². The molecule has 0 radical (unpaired) electrons. The fourth-order valence-corrected chi connectivity index (χ4v) is 3.46. The van der Waals surface area contributed by atoms with Gasteiger partial charge in [0.25, 0.3) is 11.8 Å². The molecule has 6 nitrogen and oxygen atoms in total. The van der Waals surface area contributed by atoms with Gasteiger partial charge >= 0.3 is 0 Å². The van der Waals surface area contributed by atoms with Crippen molar-refractivity contribution in [2.75, 3.05) is 19.7 Å². The highest BCUT2D eigenvalue weighted by atomic mass is 16.5. The molecule has 2 aliphatic rings. The van der Waals surface area contributed by atoms with E-state index in [2.05, 4.69) is 5.32 Å². The third kappa shape index (κ3) is 2.78. The highest BCUT2D eigenvalue weighted by Gasteiger charge is 2.33. The minimum Gasteiger partial charge on any atom is -0.376 e. The van der Waals surface area contributed by atoms with Crippen molar-refractivity contribution in [1.29, 1.82) is 0 Å². The van der Waals surface area contributed by atoms with Gasteiger partial charge in [-0.25, -0.2) is 0 Å². The van der Waals surface area contributed by atoms with Crippen LogP contribution in [0.4, 0.5) is 0 Å². The number of imide groups is 1. The number of nitrogens with zero attached hydrogens (tertiary/aromatic N) is 1. The molecule has 0 saturated carbocycles. The lowest BCUT2D eigenvalue weighted by Gasteiger charge is -2.26. The third-order valence-electron chi connectivity index (χ3n) is 4.71. The number of benzene rings is 2. The van der Waals surface area contributed by atoms with Gasteiger partial charge < -0.3 is 10.1 Å². The second-order valence-electron chi connectivity index (χ2n) is 6.34. The molecule has 0 spiro atoms. The van der Waals surface area contributed by atoms with Crippen LogP contribution >= 0.6 is 0 Å². The van der Waals surface area contributed by atoms with E-state index in [-0.39, 0.29) is 18.6 Å². The quantitative estimate of drug-likeness (QED) is 0.862. The lowest BCUT2D eigenvalue weighted by atomic mass is 9.94. The fourth-order valence-electron chi connectivity index (χ4n) is 3.46. The van der Waals surface area contributed by atoms with Crippen LogP contribution in [0.1, 0.15) is 33.6 Å². The second kappa shape index (κ2) is 6.29. The molecule has 0 unspecified atom stereocenters. The number of hydrogen-bond donors (Lipinski definition) is 1. The van der Waals surface area contributed by atoms with Crippen molar-refractivity contribution in [2.24, 2.45) is 0 Å². The van der Waals surface area contributed by atoms with Crippen molar-refractivity contribution >= 4 is 28.5 Å². The molecule has 0 aromatic heterocycles. The SMILES string of the molecule is O=C(CN1C(=O)c2cccc3cccc(c23)C1=O)NC[C@H]1CCCO1. The van der Waals surface area contributed by atoms with Gasteiger partial charge in [0.1, 0.15) is 6.54 Å². The minimum absolute atomic E-state index is 0.0196. The number of ether oxygens (including phenoxy) is 1. The maximum absolute atomic E-state index is 12.7. The Morgan fingerprint density at radius 1 is 1.12 bits per heavy atom. The zero-order valence-corrected chi connectivity index (χ0v) is 13.7. The first-order valence-electron chi connectivity index (χ1n) is 8.41. The summed E-state index contributed by atoms with van der Waals surface area (Å²) in [7, 11) is 0. The number of nitrogens with one attached hydrogen (secondary N) is 1. The van der Waals surface area contributed by atoms with Crippen molar-refractivity contribution in [3.05, 3.63) is 47.5 Å². The second-order valence-corrected chi connectivity index (χ2v) is 6.34. The summed E-state index contributed by atoms with van der Waals surface area (Å²) in [5, 5.41) is 4.26. The Labute approximate surface area is 144 Å². The predicted molar refractivity (Wildman–Crippen MR) is 91.3 cm³/mol. The molecular formula is C19H18N2O4. The Bertz CT molecular complexity index is 820. The standard InChI is InChI=1S/C19H18N2O4/c22-16(20-10-13-6-3-9-25-13)11-21-18(23)14-7-1-4-12-5-2-8-15(17(12)14)19(21)24/h1-2,4-5,7-8,13H,3,6,9-11H2,(H,20,22)/t13-/m1/s1. The molecule has 2 heterocycles. The van der Waals surface area contributed by atoms with Gasteiger partial charge in [-0.05, 0) is 30.4 Å². The first-order chi connectivity index (χ1) is 12.1. The van der Waals surface area contributed by atoms with E-state index < -0.39 is 11.8 Å². The summed E-state index contributed by atoms with van der Waals surface area (Å²) in [5.41, 5.74) is 0.916. The largest absolute Gasteiger partial charge is 0.376 e. The summed E-state index contributed by atoms with van der Waals surface area (Å²) in [5.74, 6) is -1.22. The van der Waals surface area contributed by atoms with Crippen LogP contribution in [0.25, 0.3) is 10.8 Å². The average Bonchev–Trinajstić information content (AvgIpc) is 3.15. The average molecular weight is 338 g/mol. The Morgan fingerprint density at radius 3 is 2.40 bits per heavy atom. The lowest BCUT2D eigenvalue weighted by Crippen LogP contribution is -2.47. The van der Waals surface area contributed by atoms with Crippen LogP contribution in [0, 0.1) is 0 Å². The molecule has 0 aliphatic carbocycles. The molecule has 128 valence electrons. The summed E-state index contributed by atoms with van der Waals surface area (Å²) < 4.78 is 5.46. The van der Waals surface area contributed by atoms with Crippen LogP contribution in [0.5, 0.6) is 0 Å². The van der Waals surface area contributed by atoms with E-state index in [9.17, 15) is 14.4 Å². The number of amides is 3. The van der Waals surface area contributed by atoms with Crippen molar-refractivity contribution in [3.8, 4) is 0 Å². The summed E-state index contributed by atoms with van der Waals surface area (Å²) in [6, 6.07) is 10.7.